The maximum atomic E-state index is 12.5. The minimum absolute atomic E-state index is 0.135. The van der Waals surface area contributed by atoms with Gasteiger partial charge in [0.15, 0.2) is 6.10 Å². The Bertz CT molecular complexity index is 745. The zero-order chi connectivity index (χ0) is 17.8. The van der Waals surface area contributed by atoms with Crippen molar-refractivity contribution < 1.29 is 19.0 Å². The molecule has 1 heterocycles. The molecule has 0 aliphatic carbocycles. The first-order valence-electron chi connectivity index (χ1n) is 8.55. The predicted octanol–water partition coefficient (Wildman–Crippen LogP) is 3.81. The van der Waals surface area contributed by atoms with Crippen LogP contribution in [0.15, 0.2) is 42.5 Å². The fraction of sp³-hybridized carbons (Fsp3) is 0.350. The molecule has 5 nitrogen and oxygen atoms in total. The Morgan fingerprint density at radius 1 is 1.32 bits per heavy atom. The van der Waals surface area contributed by atoms with Gasteiger partial charge in [-0.3, -0.25) is 4.79 Å². The normalized spacial score (nSPS) is 16.5. The minimum atomic E-state index is -0.634. The third kappa shape index (κ3) is 4.05. The third-order valence-corrected chi connectivity index (χ3v) is 3.98. The molecule has 0 bridgehead atoms. The largest absolute Gasteiger partial charge is 0.492 e. The van der Waals surface area contributed by atoms with Gasteiger partial charge in [0.25, 0.3) is 5.91 Å². The van der Waals surface area contributed by atoms with Crippen LogP contribution in [-0.4, -0.2) is 24.7 Å². The van der Waals surface area contributed by atoms with Gasteiger partial charge in [0.1, 0.15) is 23.4 Å². The number of benzene rings is 2. The maximum Gasteiger partial charge on any atom is 0.265 e. The Morgan fingerprint density at radius 2 is 2.08 bits per heavy atom. The molecule has 1 aliphatic rings. The molecule has 5 heteroatoms. The number of hydrogen-bond acceptors (Lipinski definition) is 4. The van der Waals surface area contributed by atoms with E-state index in [4.69, 9.17) is 14.2 Å². The highest BCUT2D eigenvalue weighted by Gasteiger charge is 2.24. The van der Waals surface area contributed by atoms with E-state index in [1.54, 1.807) is 6.92 Å². The van der Waals surface area contributed by atoms with Crippen LogP contribution in [0.4, 0.5) is 5.69 Å². The first-order chi connectivity index (χ1) is 12.1. The number of carbonyl (C=O) groups excluding carboxylic acids is 1. The van der Waals surface area contributed by atoms with Crippen LogP contribution in [-0.2, 0) is 11.2 Å². The van der Waals surface area contributed by atoms with E-state index in [-0.39, 0.29) is 12.0 Å². The van der Waals surface area contributed by atoms with Crippen molar-refractivity contribution >= 4 is 11.6 Å². The van der Waals surface area contributed by atoms with Crippen LogP contribution in [0.1, 0.15) is 26.3 Å². The van der Waals surface area contributed by atoms with Gasteiger partial charge < -0.3 is 19.5 Å². The van der Waals surface area contributed by atoms with Gasteiger partial charge in [-0.2, -0.15) is 0 Å². The van der Waals surface area contributed by atoms with Crippen molar-refractivity contribution in [2.45, 2.75) is 39.4 Å². The van der Waals surface area contributed by atoms with Gasteiger partial charge in [0.2, 0.25) is 0 Å². The second kappa shape index (κ2) is 7.47. The summed E-state index contributed by atoms with van der Waals surface area (Å²) in [5, 5.41) is 2.89. The summed E-state index contributed by atoms with van der Waals surface area (Å²) in [5.74, 6) is 1.86. The number of anilines is 1. The van der Waals surface area contributed by atoms with E-state index < -0.39 is 6.10 Å². The summed E-state index contributed by atoms with van der Waals surface area (Å²) >= 11 is 0. The summed E-state index contributed by atoms with van der Waals surface area (Å²) in [6.45, 7) is 6.18. The molecule has 2 aromatic carbocycles. The van der Waals surface area contributed by atoms with Crippen molar-refractivity contribution in [3.8, 4) is 17.2 Å². The van der Waals surface area contributed by atoms with Crippen molar-refractivity contribution in [2.24, 2.45) is 0 Å². The molecule has 0 aromatic heterocycles. The van der Waals surface area contributed by atoms with Gasteiger partial charge in [-0.15, -0.1) is 0 Å². The van der Waals surface area contributed by atoms with E-state index in [1.165, 1.54) is 0 Å². The van der Waals surface area contributed by atoms with Gasteiger partial charge >= 0.3 is 0 Å². The second-order valence-electron chi connectivity index (χ2n) is 6.08. The Labute approximate surface area is 147 Å². The van der Waals surface area contributed by atoms with E-state index in [0.717, 1.165) is 17.7 Å². The summed E-state index contributed by atoms with van der Waals surface area (Å²) < 4.78 is 17.1. The summed E-state index contributed by atoms with van der Waals surface area (Å²) in [5.41, 5.74) is 1.70. The Balaban J connectivity index is 1.75. The van der Waals surface area contributed by atoms with Gasteiger partial charge in [-0.25, -0.2) is 0 Å². The Morgan fingerprint density at radius 3 is 2.80 bits per heavy atom. The molecule has 0 radical (unpaired) electrons. The molecule has 0 fully saturated rings. The number of nitrogens with one attached hydrogen (secondary N) is 1. The van der Waals surface area contributed by atoms with Crippen LogP contribution in [0.3, 0.4) is 0 Å². The van der Waals surface area contributed by atoms with Crippen LogP contribution in [0.2, 0.25) is 0 Å². The fourth-order valence-electron chi connectivity index (χ4n) is 2.80. The van der Waals surface area contributed by atoms with E-state index in [9.17, 15) is 4.79 Å². The molecule has 1 amide bonds. The standard InChI is InChI=1S/C20H23NO4/c1-4-23-19-11-15-10-13(2)24-18(15)12-17(19)21-20(22)14(3)25-16-8-6-5-7-9-16/h5-9,11-14H,4,10H2,1-3H3,(H,21,22). The highest BCUT2D eigenvalue weighted by molar-refractivity contribution is 5.95. The molecule has 0 spiro atoms. The van der Waals surface area contributed by atoms with E-state index in [2.05, 4.69) is 5.32 Å². The van der Waals surface area contributed by atoms with Crippen molar-refractivity contribution in [3.05, 3.63) is 48.0 Å². The molecule has 2 unspecified atom stereocenters. The molecule has 0 saturated heterocycles. The first-order valence-corrected chi connectivity index (χ1v) is 8.55. The Kier molecular flexibility index (Phi) is 5.12. The summed E-state index contributed by atoms with van der Waals surface area (Å²) in [7, 11) is 0. The van der Waals surface area contributed by atoms with E-state index >= 15 is 0 Å². The lowest BCUT2D eigenvalue weighted by molar-refractivity contribution is -0.122. The average molecular weight is 341 g/mol. The predicted molar refractivity (Wildman–Crippen MR) is 96.6 cm³/mol. The van der Waals surface area contributed by atoms with Gasteiger partial charge in [0.05, 0.1) is 12.3 Å². The van der Waals surface area contributed by atoms with Crippen LogP contribution in [0, 0.1) is 0 Å². The van der Waals surface area contributed by atoms with Crippen LogP contribution in [0.25, 0.3) is 0 Å². The van der Waals surface area contributed by atoms with Crippen molar-refractivity contribution in [2.75, 3.05) is 11.9 Å². The Hall–Kier alpha value is -2.69. The topological polar surface area (TPSA) is 56.8 Å². The van der Waals surface area contributed by atoms with Gasteiger partial charge in [-0.1, -0.05) is 18.2 Å². The van der Waals surface area contributed by atoms with Crippen LogP contribution >= 0.6 is 0 Å². The molecular formula is C20H23NO4. The number of carbonyl (C=O) groups is 1. The first kappa shape index (κ1) is 17.1. The third-order valence-electron chi connectivity index (χ3n) is 3.98. The number of amides is 1. The second-order valence-corrected chi connectivity index (χ2v) is 6.08. The van der Waals surface area contributed by atoms with Crippen molar-refractivity contribution in [3.63, 3.8) is 0 Å². The van der Waals surface area contributed by atoms with Crippen molar-refractivity contribution in [1.82, 2.24) is 0 Å². The lowest BCUT2D eigenvalue weighted by Crippen LogP contribution is -2.30. The number of para-hydroxylation sites is 1. The molecule has 3 rings (SSSR count). The molecule has 1 N–H and O–H groups in total. The van der Waals surface area contributed by atoms with Crippen LogP contribution < -0.4 is 19.5 Å². The monoisotopic (exact) mass is 341 g/mol. The zero-order valence-electron chi connectivity index (χ0n) is 14.7. The van der Waals surface area contributed by atoms with Crippen molar-refractivity contribution in [1.29, 1.82) is 0 Å². The van der Waals surface area contributed by atoms with Gasteiger partial charge in [0, 0.05) is 18.1 Å². The molecule has 1 aliphatic heterocycles. The fourth-order valence-corrected chi connectivity index (χ4v) is 2.80. The van der Waals surface area contributed by atoms with E-state index in [0.29, 0.717) is 23.8 Å². The zero-order valence-corrected chi connectivity index (χ0v) is 14.7. The quantitative estimate of drug-likeness (QED) is 0.868. The van der Waals surface area contributed by atoms with Gasteiger partial charge in [-0.05, 0) is 39.0 Å². The van der Waals surface area contributed by atoms with E-state index in [1.807, 2.05) is 56.3 Å². The summed E-state index contributed by atoms with van der Waals surface area (Å²) in [4.78, 5) is 12.5. The minimum Gasteiger partial charge on any atom is -0.492 e. The molecular weight excluding hydrogens is 318 g/mol. The highest BCUT2D eigenvalue weighted by atomic mass is 16.5. The molecule has 2 atom stereocenters. The molecule has 2 aromatic rings. The molecule has 0 saturated carbocycles. The number of ether oxygens (including phenoxy) is 3. The lowest BCUT2D eigenvalue weighted by Gasteiger charge is -2.17. The average Bonchev–Trinajstić information content (AvgIpc) is 2.95. The maximum absolute atomic E-state index is 12.5. The smallest absolute Gasteiger partial charge is 0.265 e. The highest BCUT2D eigenvalue weighted by Crippen LogP contribution is 2.38. The summed E-state index contributed by atoms with van der Waals surface area (Å²) in [6.07, 6.45) is 0.345. The number of hydrogen-bond donors (Lipinski definition) is 1. The molecule has 25 heavy (non-hydrogen) atoms. The SMILES string of the molecule is CCOc1cc2c(cc1NC(=O)C(C)Oc1ccccc1)OC(C)C2. The van der Waals surface area contributed by atoms with Crippen LogP contribution in [0.5, 0.6) is 17.2 Å². The number of rotatable bonds is 6. The molecule has 132 valence electrons. The lowest BCUT2D eigenvalue weighted by atomic mass is 10.1. The number of fused-ring (bicyclic) bond motifs is 1. The summed E-state index contributed by atoms with van der Waals surface area (Å²) in [6, 6.07) is 13.0.